The van der Waals surface area contributed by atoms with Crippen molar-refractivity contribution >= 4 is 11.8 Å². The van der Waals surface area contributed by atoms with Crippen molar-refractivity contribution in [2.45, 2.75) is 39.2 Å². The van der Waals surface area contributed by atoms with Crippen LogP contribution in [0.2, 0.25) is 0 Å². The lowest BCUT2D eigenvalue weighted by atomic mass is 9.88. The van der Waals surface area contributed by atoms with Gasteiger partial charge in [-0.2, -0.15) is 5.10 Å². The van der Waals surface area contributed by atoms with Crippen LogP contribution in [0.15, 0.2) is 23.0 Å². The second kappa shape index (κ2) is 8.46. The third-order valence-corrected chi connectivity index (χ3v) is 6.73. The van der Waals surface area contributed by atoms with Gasteiger partial charge < -0.3 is 15.1 Å². The van der Waals surface area contributed by atoms with E-state index in [9.17, 15) is 18.8 Å². The van der Waals surface area contributed by atoms with E-state index in [1.165, 1.54) is 6.07 Å². The third-order valence-electron chi connectivity index (χ3n) is 6.73. The van der Waals surface area contributed by atoms with Crippen molar-refractivity contribution in [1.29, 1.82) is 0 Å². The summed E-state index contributed by atoms with van der Waals surface area (Å²) in [5.74, 6) is -0.902. The molecule has 8 nitrogen and oxygen atoms in total. The van der Waals surface area contributed by atoms with Gasteiger partial charge in [0.2, 0.25) is 5.91 Å². The standard InChI is InChI=1S/C23H28FN5O3/c1-14-15(2)20(30)27-26-19(14)13-16-4-5-18(24)17(12-16)21(31)28-8-10-29(11-9-28)22(32)23(3)6-7-25-23/h4-5,12,25H,6-11,13H2,1-3H3,(H,27,30)/t23-/m1/s1. The lowest BCUT2D eigenvalue weighted by Crippen LogP contribution is -2.66. The van der Waals surface area contributed by atoms with Crippen molar-refractivity contribution in [2.75, 3.05) is 32.7 Å². The first-order valence-corrected chi connectivity index (χ1v) is 10.9. The summed E-state index contributed by atoms with van der Waals surface area (Å²) in [5, 5.41) is 9.76. The van der Waals surface area contributed by atoms with Crippen molar-refractivity contribution in [3.05, 3.63) is 62.3 Å². The Morgan fingerprint density at radius 2 is 1.78 bits per heavy atom. The number of nitrogens with one attached hydrogen (secondary N) is 2. The minimum atomic E-state index is -0.578. The number of nitrogens with zero attached hydrogens (tertiary/aromatic N) is 3. The van der Waals surface area contributed by atoms with Crippen molar-refractivity contribution in [3.63, 3.8) is 0 Å². The summed E-state index contributed by atoms with van der Waals surface area (Å²) in [4.78, 5) is 40.8. The topological polar surface area (TPSA) is 98.4 Å². The van der Waals surface area contributed by atoms with Gasteiger partial charge in [-0.3, -0.25) is 14.4 Å². The number of amides is 2. The number of halogens is 1. The molecule has 1 atom stereocenters. The Labute approximate surface area is 185 Å². The zero-order valence-corrected chi connectivity index (χ0v) is 18.6. The third kappa shape index (κ3) is 4.04. The highest BCUT2D eigenvalue weighted by molar-refractivity contribution is 5.95. The molecule has 2 aromatic rings. The number of hydrogen-bond donors (Lipinski definition) is 2. The predicted octanol–water partition coefficient (Wildman–Crippen LogP) is 1.15. The first kappa shape index (κ1) is 22.1. The molecule has 0 spiro atoms. The van der Waals surface area contributed by atoms with Crippen LogP contribution in [0.25, 0.3) is 0 Å². The number of carbonyl (C=O) groups is 2. The number of hydrogen-bond acceptors (Lipinski definition) is 5. The molecule has 1 aromatic heterocycles. The first-order valence-electron chi connectivity index (χ1n) is 10.9. The maximum Gasteiger partial charge on any atom is 0.267 e. The Morgan fingerprint density at radius 1 is 1.12 bits per heavy atom. The molecule has 0 radical (unpaired) electrons. The average molecular weight is 442 g/mol. The fourth-order valence-corrected chi connectivity index (χ4v) is 4.20. The predicted molar refractivity (Wildman–Crippen MR) is 117 cm³/mol. The molecule has 2 amide bonds. The van der Waals surface area contributed by atoms with Crippen molar-refractivity contribution in [2.24, 2.45) is 0 Å². The van der Waals surface area contributed by atoms with Gasteiger partial charge in [0.25, 0.3) is 11.5 Å². The molecule has 3 heterocycles. The van der Waals surface area contributed by atoms with Crippen LogP contribution in [0, 0.1) is 19.7 Å². The number of aromatic nitrogens is 2. The summed E-state index contributed by atoms with van der Waals surface area (Å²) in [7, 11) is 0. The second-order valence-electron chi connectivity index (χ2n) is 8.83. The highest BCUT2D eigenvalue weighted by Crippen LogP contribution is 2.23. The zero-order valence-electron chi connectivity index (χ0n) is 18.6. The first-order chi connectivity index (χ1) is 15.2. The largest absolute Gasteiger partial charge is 0.338 e. The van der Waals surface area contributed by atoms with Crippen LogP contribution in [0.1, 0.15) is 46.1 Å². The van der Waals surface area contributed by atoms with E-state index in [-0.39, 0.29) is 22.9 Å². The number of carbonyl (C=O) groups excluding carboxylic acids is 2. The summed E-state index contributed by atoms with van der Waals surface area (Å²) in [5.41, 5.74) is 2.05. The molecular formula is C23H28FN5O3. The molecule has 0 unspecified atom stereocenters. The Morgan fingerprint density at radius 3 is 2.41 bits per heavy atom. The molecule has 0 saturated carbocycles. The Hall–Kier alpha value is -3.07. The Balaban J connectivity index is 1.46. The monoisotopic (exact) mass is 441 g/mol. The van der Waals surface area contributed by atoms with E-state index in [0.29, 0.717) is 43.9 Å². The van der Waals surface area contributed by atoms with Crippen LogP contribution in [-0.4, -0.2) is 70.1 Å². The molecule has 2 aliphatic heterocycles. The molecule has 9 heteroatoms. The molecule has 2 aliphatic rings. The van der Waals surface area contributed by atoms with Crippen LogP contribution >= 0.6 is 0 Å². The van der Waals surface area contributed by atoms with E-state index in [1.54, 1.807) is 28.9 Å². The highest BCUT2D eigenvalue weighted by atomic mass is 19.1. The summed E-state index contributed by atoms with van der Waals surface area (Å²) < 4.78 is 14.5. The van der Waals surface area contributed by atoms with E-state index >= 15 is 0 Å². The lowest BCUT2D eigenvalue weighted by Gasteiger charge is -2.44. The fraction of sp³-hybridized carbons (Fsp3) is 0.478. The summed E-state index contributed by atoms with van der Waals surface area (Å²) in [6.07, 6.45) is 1.18. The summed E-state index contributed by atoms with van der Waals surface area (Å²) in [6.45, 7) is 7.88. The van der Waals surface area contributed by atoms with Crippen molar-refractivity contribution in [1.82, 2.24) is 25.3 Å². The number of H-pyrrole nitrogens is 1. The Kier molecular flexibility index (Phi) is 5.85. The van der Waals surface area contributed by atoms with Gasteiger partial charge in [0.1, 0.15) is 5.82 Å². The highest BCUT2D eigenvalue weighted by Gasteiger charge is 2.42. The van der Waals surface area contributed by atoms with Gasteiger partial charge in [-0.1, -0.05) is 6.07 Å². The normalized spacial score (nSPS) is 20.8. The molecule has 4 rings (SSSR count). The molecular weight excluding hydrogens is 413 g/mol. The van der Waals surface area contributed by atoms with E-state index < -0.39 is 11.4 Å². The summed E-state index contributed by atoms with van der Waals surface area (Å²) >= 11 is 0. The zero-order chi connectivity index (χ0) is 23.0. The minimum Gasteiger partial charge on any atom is -0.338 e. The maximum atomic E-state index is 14.5. The molecule has 1 aromatic carbocycles. The van der Waals surface area contributed by atoms with E-state index in [2.05, 4.69) is 15.5 Å². The van der Waals surface area contributed by atoms with Gasteiger partial charge in [0.15, 0.2) is 0 Å². The maximum absolute atomic E-state index is 14.5. The van der Waals surface area contributed by atoms with Gasteiger partial charge in [0, 0.05) is 38.2 Å². The number of aromatic amines is 1. The van der Waals surface area contributed by atoms with E-state index in [1.807, 2.05) is 13.8 Å². The van der Waals surface area contributed by atoms with Crippen LogP contribution in [-0.2, 0) is 11.2 Å². The average Bonchev–Trinajstić information content (AvgIpc) is 2.78. The van der Waals surface area contributed by atoms with Crippen molar-refractivity contribution < 1.29 is 14.0 Å². The number of benzene rings is 1. The smallest absolute Gasteiger partial charge is 0.267 e. The molecule has 2 N–H and O–H groups in total. The molecule has 2 fully saturated rings. The van der Waals surface area contributed by atoms with Crippen LogP contribution in [0.5, 0.6) is 0 Å². The quantitative estimate of drug-likeness (QED) is 0.742. The number of piperazine rings is 1. The van der Waals surface area contributed by atoms with E-state index in [0.717, 1.165) is 24.1 Å². The van der Waals surface area contributed by atoms with Gasteiger partial charge in [-0.05, 0) is 57.0 Å². The van der Waals surface area contributed by atoms with E-state index in [4.69, 9.17) is 0 Å². The van der Waals surface area contributed by atoms with Gasteiger partial charge >= 0.3 is 0 Å². The lowest BCUT2D eigenvalue weighted by molar-refractivity contribution is -0.142. The Bertz CT molecular complexity index is 1120. The van der Waals surface area contributed by atoms with Gasteiger partial charge in [-0.25, -0.2) is 9.49 Å². The fourth-order valence-electron chi connectivity index (χ4n) is 4.20. The van der Waals surface area contributed by atoms with Crippen LogP contribution < -0.4 is 10.9 Å². The SMILES string of the molecule is Cc1c(Cc2ccc(F)c(C(=O)N3CCN(C(=O)[C@@]4(C)CCN4)CC3)c2)n[nH]c(=O)c1C. The summed E-state index contributed by atoms with van der Waals surface area (Å²) in [6, 6.07) is 4.46. The van der Waals surface area contributed by atoms with Gasteiger partial charge in [-0.15, -0.1) is 0 Å². The molecule has 0 aliphatic carbocycles. The molecule has 0 bridgehead atoms. The van der Waals surface area contributed by atoms with Crippen LogP contribution in [0.3, 0.4) is 0 Å². The minimum absolute atomic E-state index is 0.00805. The second-order valence-corrected chi connectivity index (χ2v) is 8.83. The molecule has 32 heavy (non-hydrogen) atoms. The number of rotatable bonds is 4. The van der Waals surface area contributed by atoms with Gasteiger partial charge in [0.05, 0.1) is 16.8 Å². The van der Waals surface area contributed by atoms with Crippen molar-refractivity contribution in [3.8, 4) is 0 Å². The molecule has 170 valence electrons. The van der Waals surface area contributed by atoms with Crippen LogP contribution in [0.4, 0.5) is 4.39 Å². The molecule has 2 saturated heterocycles.